The second-order valence-electron chi connectivity index (χ2n) is 7.06. The second-order valence-corrected chi connectivity index (χ2v) is 7.06. The first kappa shape index (κ1) is 14.9. The highest BCUT2D eigenvalue weighted by atomic mass is 15.2. The van der Waals surface area contributed by atoms with Gasteiger partial charge in [0.1, 0.15) is 0 Å². The first-order valence-electron chi connectivity index (χ1n) is 8.32. The summed E-state index contributed by atoms with van der Waals surface area (Å²) in [5.74, 6) is 0. The third kappa shape index (κ3) is 2.95. The largest absolute Gasteiger partial charge is 0.374 e. The summed E-state index contributed by atoms with van der Waals surface area (Å²) in [5.41, 5.74) is 4.79. The third-order valence-corrected chi connectivity index (χ3v) is 5.51. The SMILES string of the molecule is CN1CCCc2cc(CNCC3(N(C)C)CCC3)ccc21. The molecule has 3 heteroatoms. The average Bonchev–Trinajstić information content (AvgIpc) is 2.41. The molecular weight excluding hydrogens is 258 g/mol. The second kappa shape index (κ2) is 5.98. The van der Waals surface area contributed by atoms with Crippen LogP contribution in [0.15, 0.2) is 18.2 Å². The molecule has 0 radical (unpaired) electrons. The number of anilines is 1. The van der Waals surface area contributed by atoms with E-state index >= 15 is 0 Å². The van der Waals surface area contributed by atoms with E-state index in [1.165, 1.54) is 55.5 Å². The molecule has 1 aromatic carbocycles. The Balaban J connectivity index is 1.59. The van der Waals surface area contributed by atoms with Gasteiger partial charge in [0.25, 0.3) is 0 Å². The van der Waals surface area contributed by atoms with E-state index in [2.05, 4.69) is 54.5 Å². The van der Waals surface area contributed by atoms with Gasteiger partial charge in [0.15, 0.2) is 0 Å². The van der Waals surface area contributed by atoms with E-state index in [1.807, 2.05) is 0 Å². The van der Waals surface area contributed by atoms with E-state index in [4.69, 9.17) is 0 Å². The van der Waals surface area contributed by atoms with Gasteiger partial charge >= 0.3 is 0 Å². The highest BCUT2D eigenvalue weighted by Crippen LogP contribution is 2.35. The van der Waals surface area contributed by atoms with Crippen LogP contribution in [-0.4, -0.2) is 44.7 Å². The van der Waals surface area contributed by atoms with E-state index in [0.29, 0.717) is 5.54 Å². The summed E-state index contributed by atoms with van der Waals surface area (Å²) >= 11 is 0. The summed E-state index contributed by atoms with van der Waals surface area (Å²) in [6, 6.07) is 6.99. The number of rotatable bonds is 5. The van der Waals surface area contributed by atoms with E-state index < -0.39 is 0 Å². The molecule has 0 spiro atoms. The number of nitrogens with zero attached hydrogens (tertiary/aromatic N) is 2. The van der Waals surface area contributed by atoms with Crippen molar-refractivity contribution in [2.45, 2.75) is 44.2 Å². The number of benzene rings is 1. The zero-order chi connectivity index (χ0) is 14.9. The van der Waals surface area contributed by atoms with E-state index in [9.17, 15) is 0 Å². The molecule has 0 aromatic heterocycles. The Morgan fingerprint density at radius 2 is 2.05 bits per heavy atom. The molecule has 0 unspecified atom stereocenters. The lowest BCUT2D eigenvalue weighted by Gasteiger charge is -2.47. The lowest BCUT2D eigenvalue weighted by atomic mass is 9.75. The summed E-state index contributed by atoms with van der Waals surface area (Å²) in [5, 5.41) is 3.69. The number of fused-ring (bicyclic) bond motifs is 1. The topological polar surface area (TPSA) is 18.5 Å². The molecule has 0 atom stereocenters. The number of hydrogen-bond acceptors (Lipinski definition) is 3. The molecule has 2 aliphatic rings. The van der Waals surface area contributed by atoms with Crippen molar-refractivity contribution in [3.05, 3.63) is 29.3 Å². The molecule has 3 rings (SSSR count). The van der Waals surface area contributed by atoms with Crippen LogP contribution in [0.5, 0.6) is 0 Å². The lowest BCUT2D eigenvalue weighted by Crippen LogP contribution is -2.56. The normalized spacial score (nSPS) is 20.3. The van der Waals surface area contributed by atoms with E-state index in [1.54, 1.807) is 0 Å². The van der Waals surface area contributed by atoms with Gasteiger partial charge in [0.2, 0.25) is 0 Å². The quantitative estimate of drug-likeness (QED) is 0.898. The number of nitrogens with one attached hydrogen (secondary N) is 1. The minimum absolute atomic E-state index is 0.411. The van der Waals surface area contributed by atoms with Crippen LogP contribution in [0.2, 0.25) is 0 Å². The molecule has 1 aromatic rings. The summed E-state index contributed by atoms with van der Waals surface area (Å²) in [6.07, 6.45) is 6.56. The molecule has 1 aliphatic carbocycles. The molecule has 116 valence electrons. The van der Waals surface area contributed by atoms with Gasteiger partial charge in [-0.3, -0.25) is 0 Å². The van der Waals surface area contributed by atoms with Gasteiger partial charge in [-0.15, -0.1) is 0 Å². The van der Waals surface area contributed by atoms with Gasteiger partial charge in [-0.05, 0) is 63.4 Å². The molecule has 3 nitrogen and oxygen atoms in total. The standard InChI is InChI=1S/C18H29N3/c1-20(2)18(9-5-10-18)14-19-13-15-7-8-17-16(12-15)6-4-11-21(17)3/h7-8,12,19H,4-6,9-11,13-14H2,1-3H3. The first-order chi connectivity index (χ1) is 10.1. The van der Waals surface area contributed by atoms with Crippen molar-refractivity contribution in [2.75, 3.05) is 39.1 Å². The van der Waals surface area contributed by atoms with Gasteiger partial charge < -0.3 is 15.1 Å². The molecule has 1 aliphatic heterocycles. The van der Waals surface area contributed by atoms with Crippen molar-refractivity contribution in [1.29, 1.82) is 0 Å². The minimum Gasteiger partial charge on any atom is -0.374 e. The van der Waals surface area contributed by atoms with Gasteiger partial charge in [0.05, 0.1) is 0 Å². The van der Waals surface area contributed by atoms with Crippen molar-refractivity contribution in [3.8, 4) is 0 Å². The minimum atomic E-state index is 0.411. The van der Waals surface area contributed by atoms with Crippen LogP contribution in [0.25, 0.3) is 0 Å². The Morgan fingerprint density at radius 3 is 2.71 bits per heavy atom. The smallest absolute Gasteiger partial charge is 0.0396 e. The number of aryl methyl sites for hydroxylation is 1. The van der Waals surface area contributed by atoms with Crippen molar-refractivity contribution in [3.63, 3.8) is 0 Å². The van der Waals surface area contributed by atoms with Gasteiger partial charge in [-0.25, -0.2) is 0 Å². The van der Waals surface area contributed by atoms with E-state index in [-0.39, 0.29) is 0 Å². The van der Waals surface area contributed by atoms with E-state index in [0.717, 1.165) is 13.1 Å². The maximum absolute atomic E-state index is 3.69. The molecule has 1 saturated carbocycles. The highest BCUT2D eigenvalue weighted by molar-refractivity contribution is 5.56. The molecule has 0 bridgehead atoms. The first-order valence-corrected chi connectivity index (χ1v) is 8.32. The van der Waals surface area contributed by atoms with Crippen LogP contribution in [0.3, 0.4) is 0 Å². The molecule has 1 heterocycles. The predicted octanol–water partition coefficient (Wildman–Crippen LogP) is 2.64. The van der Waals surface area contributed by atoms with Crippen molar-refractivity contribution < 1.29 is 0 Å². The highest BCUT2D eigenvalue weighted by Gasteiger charge is 2.38. The van der Waals surface area contributed by atoms with Crippen molar-refractivity contribution in [2.24, 2.45) is 0 Å². The van der Waals surface area contributed by atoms with Crippen LogP contribution < -0.4 is 10.2 Å². The summed E-state index contributed by atoms with van der Waals surface area (Å²) in [4.78, 5) is 4.79. The van der Waals surface area contributed by atoms with Crippen molar-refractivity contribution in [1.82, 2.24) is 10.2 Å². The average molecular weight is 287 g/mol. The van der Waals surface area contributed by atoms with Crippen LogP contribution in [-0.2, 0) is 13.0 Å². The van der Waals surface area contributed by atoms with Crippen LogP contribution in [0.1, 0.15) is 36.8 Å². The fraction of sp³-hybridized carbons (Fsp3) is 0.667. The van der Waals surface area contributed by atoms with Crippen LogP contribution in [0, 0.1) is 0 Å². The van der Waals surface area contributed by atoms with Gasteiger partial charge in [-0.1, -0.05) is 12.1 Å². The maximum atomic E-state index is 3.69. The Hall–Kier alpha value is -1.06. The Kier molecular flexibility index (Phi) is 4.23. The Bertz CT molecular complexity index is 491. The Morgan fingerprint density at radius 1 is 1.24 bits per heavy atom. The monoisotopic (exact) mass is 287 g/mol. The fourth-order valence-electron chi connectivity index (χ4n) is 3.76. The zero-order valence-electron chi connectivity index (χ0n) is 13.8. The van der Waals surface area contributed by atoms with Gasteiger partial charge in [-0.2, -0.15) is 0 Å². The summed E-state index contributed by atoms with van der Waals surface area (Å²) < 4.78 is 0. The lowest BCUT2D eigenvalue weighted by molar-refractivity contribution is 0.0598. The maximum Gasteiger partial charge on any atom is 0.0396 e. The summed E-state index contributed by atoms with van der Waals surface area (Å²) in [7, 11) is 6.64. The molecule has 21 heavy (non-hydrogen) atoms. The van der Waals surface area contributed by atoms with Crippen LogP contribution in [0.4, 0.5) is 5.69 Å². The van der Waals surface area contributed by atoms with Crippen LogP contribution >= 0.6 is 0 Å². The molecular formula is C18H29N3. The Labute approximate surface area is 129 Å². The molecule has 1 fully saturated rings. The summed E-state index contributed by atoms with van der Waals surface area (Å²) in [6.45, 7) is 3.29. The fourth-order valence-corrected chi connectivity index (χ4v) is 3.76. The van der Waals surface area contributed by atoms with Crippen molar-refractivity contribution >= 4 is 5.69 Å². The van der Waals surface area contributed by atoms with Gasteiger partial charge in [0, 0.05) is 37.9 Å². The number of hydrogen-bond donors (Lipinski definition) is 1. The molecule has 0 saturated heterocycles. The third-order valence-electron chi connectivity index (χ3n) is 5.51. The molecule has 0 amide bonds. The number of likely N-dealkylation sites (N-methyl/N-ethyl adjacent to an activating group) is 1. The zero-order valence-corrected chi connectivity index (χ0v) is 13.8. The predicted molar refractivity (Wildman–Crippen MR) is 90.0 cm³/mol. The molecule has 1 N–H and O–H groups in total.